The topological polar surface area (TPSA) is 32.8 Å². The van der Waals surface area contributed by atoms with Gasteiger partial charge in [-0.25, -0.2) is 0 Å². The lowest BCUT2D eigenvalue weighted by molar-refractivity contribution is -0.137. The molecular weight excluding hydrogens is 441 g/mol. The third-order valence-corrected chi connectivity index (χ3v) is 5.84. The van der Waals surface area contributed by atoms with Crippen LogP contribution in [0.5, 0.6) is 0 Å². The molecule has 2 aromatic rings. The molecular formula is C24H28ClF3N2O2. The Hall–Kier alpha value is -2.09. The first-order valence-corrected chi connectivity index (χ1v) is 11.2. The number of ether oxygens (including phenoxy) is 1. The number of benzene rings is 2. The lowest BCUT2D eigenvalue weighted by atomic mass is 10.1. The van der Waals surface area contributed by atoms with E-state index in [-0.39, 0.29) is 18.6 Å². The molecule has 1 aliphatic heterocycles. The second-order valence-electron chi connectivity index (χ2n) is 7.98. The third-order valence-electron chi connectivity index (χ3n) is 5.59. The first-order chi connectivity index (χ1) is 15.3. The Bertz CT molecular complexity index is 864. The minimum atomic E-state index is -4.36. The number of hydrogen-bond acceptors (Lipinski definition) is 3. The van der Waals surface area contributed by atoms with E-state index in [0.29, 0.717) is 36.6 Å². The van der Waals surface area contributed by atoms with E-state index in [0.717, 1.165) is 37.2 Å². The molecule has 0 spiro atoms. The fraction of sp³-hybridized carbons (Fsp3) is 0.458. The zero-order valence-corrected chi connectivity index (χ0v) is 18.8. The van der Waals surface area contributed by atoms with Crippen LogP contribution >= 0.6 is 11.6 Å². The van der Waals surface area contributed by atoms with Gasteiger partial charge >= 0.3 is 6.18 Å². The summed E-state index contributed by atoms with van der Waals surface area (Å²) in [7, 11) is 0. The molecule has 0 aromatic heterocycles. The van der Waals surface area contributed by atoms with Crippen LogP contribution in [0.2, 0.25) is 5.02 Å². The summed E-state index contributed by atoms with van der Waals surface area (Å²) in [6.07, 6.45) is -3.21. The molecule has 0 radical (unpaired) electrons. The average molecular weight is 469 g/mol. The van der Waals surface area contributed by atoms with E-state index in [2.05, 4.69) is 4.90 Å². The van der Waals surface area contributed by atoms with Crippen LogP contribution < -0.4 is 0 Å². The average Bonchev–Trinajstić information content (AvgIpc) is 2.77. The van der Waals surface area contributed by atoms with E-state index in [1.165, 1.54) is 12.1 Å². The molecule has 1 atom stereocenters. The van der Waals surface area contributed by atoms with Gasteiger partial charge in [-0.1, -0.05) is 42.8 Å². The van der Waals surface area contributed by atoms with Gasteiger partial charge in [-0.15, -0.1) is 0 Å². The predicted octanol–water partition coefficient (Wildman–Crippen LogP) is 5.56. The summed E-state index contributed by atoms with van der Waals surface area (Å²) in [5.41, 5.74) is 0.948. The van der Waals surface area contributed by atoms with Crippen LogP contribution in [0.4, 0.5) is 13.2 Å². The number of piperazine rings is 1. The van der Waals surface area contributed by atoms with Crippen molar-refractivity contribution in [2.45, 2.75) is 38.7 Å². The molecule has 1 heterocycles. The minimum absolute atomic E-state index is 0.194. The molecule has 3 rings (SSSR count). The number of alkyl halides is 3. The van der Waals surface area contributed by atoms with Gasteiger partial charge in [-0.05, 0) is 41.8 Å². The number of amides is 1. The van der Waals surface area contributed by atoms with Crippen LogP contribution in [0.3, 0.4) is 0 Å². The van der Waals surface area contributed by atoms with Crippen molar-refractivity contribution in [3.05, 3.63) is 70.2 Å². The van der Waals surface area contributed by atoms with E-state index in [1.54, 1.807) is 12.1 Å². The fourth-order valence-electron chi connectivity index (χ4n) is 3.70. The van der Waals surface area contributed by atoms with Crippen LogP contribution in [0, 0.1) is 0 Å². The normalized spacial score (nSPS) is 16.2. The number of halogens is 4. The summed E-state index contributed by atoms with van der Waals surface area (Å²) < 4.78 is 44.5. The van der Waals surface area contributed by atoms with Crippen molar-refractivity contribution in [1.29, 1.82) is 0 Å². The van der Waals surface area contributed by atoms with Gasteiger partial charge in [-0.2, -0.15) is 13.2 Å². The van der Waals surface area contributed by atoms with Crippen LogP contribution in [-0.4, -0.2) is 48.4 Å². The van der Waals surface area contributed by atoms with Crippen molar-refractivity contribution < 1.29 is 22.7 Å². The van der Waals surface area contributed by atoms with Gasteiger partial charge in [-0.3, -0.25) is 9.69 Å². The number of rotatable bonds is 8. The first-order valence-electron chi connectivity index (χ1n) is 10.8. The van der Waals surface area contributed by atoms with E-state index >= 15 is 0 Å². The summed E-state index contributed by atoms with van der Waals surface area (Å²) in [4.78, 5) is 16.3. The molecule has 1 saturated heterocycles. The molecule has 0 aliphatic carbocycles. The summed E-state index contributed by atoms with van der Waals surface area (Å²) in [5.74, 6) is 0.194. The molecule has 0 N–H and O–H groups in total. The monoisotopic (exact) mass is 468 g/mol. The van der Waals surface area contributed by atoms with Gasteiger partial charge < -0.3 is 9.64 Å². The fourth-order valence-corrected chi connectivity index (χ4v) is 3.83. The zero-order chi connectivity index (χ0) is 23.1. The van der Waals surface area contributed by atoms with E-state index in [9.17, 15) is 18.0 Å². The highest BCUT2D eigenvalue weighted by atomic mass is 35.5. The Labute approximate surface area is 191 Å². The highest BCUT2D eigenvalue weighted by Gasteiger charge is 2.30. The van der Waals surface area contributed by atoms with Crippen molar-refractivity contribution in [3.8, 4) is 0 Å². The van der Waals surface area contributed by atoms with Crippen LogP contribution in [0.1, 0.15) is 42.6 Å². The highest BCUT2D eigenvalue weighted by molar-refractivity contribution is 6.30. The predicted molar refractivity (Wildman–Crippen MR) is 118 cm³/mol. The molecule has 4 nitrogen and oxygen atoms in total. The first kappa shape index (κ1) is 24.6. The number of carbonyl (C=O) groups excluding carboxylic acids is 1. The summed E-state index contributed by atoms with van der Waals surface area (Å²) in [5, 5.41) is 0.623. The lowest BCUT2D eigenvalue weighted by Gasteiger charge is -2.36. The Morgan fingerprint density at radius 3 is 2.22 bits per heavy atom. The SMILES string of the molecule is CCCC(=O)N1CCN(C[C@@H](OCc2ccc(C(F)(F)F)cc2)c2ccc(Cl)cc2)CC1. The van der Waals surface area contributed by atoms with Gasteiger partial charge in [0.1, 0.15) is 0 Å². The summed E-state index contributed by atoms with van der Waals surface area (Å²) >= 11 is 6.02. The third kappa shape index (κ3) is 6.95. The summed E-state index contributed by atoms with van der Waals surface area (Å²) in [6, 6.07) is 12.4. The second-order valence-corrected chi connectivity index (χ2v) is 8.41. The maximum atomic E-state index is 12.8. The van der Waals surface area contributed by atoms with E-state index in [4.69, 9.17) is 16.3 Å². The van der Waals surface area contributed by atoms with Gasteiger partial charge in [0, 0.05) is 44.2 Å². The van der Waals surface area contributed by atoms with Gasteiger partial charge in [0.05, 0.1) is 18.3 Å². The highest BCUT2D eigenvalue weighted by Crippen LogP contribution is 2.29. The summed E-state index contributed by atoms with van der Waals surface area (Å²) in [6.45, 7) is 5.69. The van der Waals surface area contributed by atoms with Gasteiger partial charge in [0.2, 0.25) is 5.91 Å². The molecule has 0 saturated carbocycles. The standard InChI is InChI=1S/C24H28ClF3N2O2/c1-2-3-23(31)30-14-12-29(13-15-30)16-22(19-6-10-21(25)11-7-19)32-17-18-4-8-20(9-5-18)24(26,27)28/h4-11,22H,2-3,12-17H2,1H3/t22-/m1/s1. The van der Waals surface area contributed by atoms with Crippen molar-refractivity contribution in [3.63, 3.8) is 0 Å². The molecule has 2 aromatic carbocycles. The lowest BCUT2D eigenvalue weighted by Crippen LogP contribution is -2.49. The molecule has 0 bridgehead atoms. The van der Waals surface area contributed by atoms with Gasteiger partial charge in [0.25, 0.3) is 0 Å². The van der Waals surface area contributed by atoms with Crippen molar-refractivity contribution in [1.82, 2.24) is 9.80 Å². The van der Waals surface area contributed by atoms with E-state index < -0.39 is 11.7 Å². The molecule has 1 aliphatic rings. The van der Waals surface area contributed by atoms with Crippen LogP contribution in [-0.2, 0) is 22.3 Å². The molecule has 1 fully saturated rings. The van der Waals surface area contributed by atoms with Crippen molar-refractivity contribution in [2.24, 2.45) is 0 Å². The zero-order valence-electron chi connectivity index (χ0n) is 18.1. The molecule has 1 amide bonds. The van der Waals surface area contributed by atoms with Crippen molar-refractivity contribution in [2.75, 3.05) is 32.7 Å². The molecule has 174 valence electrons. The Morgan fingerprint density at radius 2 is 1.66 bits per heavy atom. The van der Waals surface area contributed by atoms with Crippen LogP contribution in [0.15, 0.2) is 48.5 Å². The minimum Gasteiger partial charge on any atom is -0.368 e. The van der Waals surface area contributed by atoms with Crippen LogP contribution in [0.25, 0.3) is 0 Å². The largest absolute Gasteiger partial charge is 0.416 e. The maximum absolute atomic E-state index is 12.8. The quantitative estimate of drug-likeness (QED) is 0.508. The smallest absolute Gasteiger partial charge is 0.368 e. The Kier molecular flexibility index (Phi) is 8.57. The van der Waals surface area contributed by atoms with Gasteiger partial charge in [0.15, 0.2) is 0 Å². The number of carbonyl (C=O) groups is 1. The second kappa shape index (κ2) is 11.2. The Morgan fingerprint density at radius 1 is 1.03 bits per heavy atom. The van der Waals surface area contributed by atoms with E-state index in [1.807, 2.05) is 24.0 Å². The number of hydrogen-bond donors (Lipinski definition) is 0. The molecule has 32 heavy (non-hydrogen) atoms. The van der Waals surface area contributed by atoms with Crippen molar-refractivity contribution >= 4 is 17.5 Å². The maximum Gasteiger partial charge on any atom is 0.416 e. The number of nitrogens with zero attached hydrogens (tertiary/aromatic N) is 2. The Balaban J connectivity index is 1.63. The molecule has 8 heteroatoms. The molecule has 0 unspecified atom stereocenters.